The van der Waals surface area contributed by atoms with Crippen LogP contribution in [0.1, 0.15) is 44.2 Å². The van der Waals surface area contributed by atoms with E-state index >= 15 is 0 Å². The lowest BCUT2D eigenvalue weighted by Gasteiger charge is -2.32. The Kier molecular flexibility index (Phi) is 9.68. The Bertz CT molecular complexity index is 838. The largest absolute Gasteiger partial charge is 0.497 e. The van der Waals surface area contributed by atoms with Crippen molar-refractivity contribution < 1.29 is 14.2 Å². The molecule has 0 aliphatic carbocycles. The third-order valence-corrected chi connectivity index (χ3v) is 5.93. The Balaban J connectivity index is 1.90. The maximum atomic E-state index is 10.2. The van der Waals surface area contributed by atoms with Crippen LogP contribution in [0.3, 0.4) is 0 Å². The van der Waals surface area contributed by atoms with Crippen molar-refractivity contribution in [2.45, 2.75) is 44.9 Å². The van der Waals surface area contributed by atoms with Crippen LogP contribution >= 0.6 is 0 Å². The lowest BCUT2D eigenvalue weighted by molar-refractivity contribution is 0.348. The Hall–Kier alpha value is -2.71. The van der Waals surface area contributed by atoms with Gasteiger partial charge in [0.2, 0.25) is 0 Å². The second-order valence-corrected chi connectivity index (χ2v) is 8.15. The van der Waals surface area contributed by atoms with Crippen molar-refractivity contribution in [3.05, 3.63) is 53.6 Å². The average molecular weight is 425 g/mol. The summed E-state index contributed by atoms with van der Waals surface area (Å²) in [6.07, 6.45) is 3.78. The molecule has 0 heterocycles. The third kappa shape index (κ3) is 6.63. The smallest absolute Gasteiger partial charge is 0.122 e. The summed E-state index contributed by atoms with van der Waals surface area (Å²) in [6.45, 7) is 6.05. The van der Waals surface area contributed by atoms with E-state index in [0.717, 1.165) is 50.1 Å². The molecule has 0 fully saturated rings. The monoisotopic (exact) mass is 424 g/mol. The Morgan fingerprint density at radius 2 is 1.55 bits per heavy atom. The van der Waals surface area contributed by atoms with Gasteiger partial charge < -0.3 is 19.5 Å². The normalized spacial score (nSPS) is 12.8. The Morgan fingerprint density at radius 1 is 0.903 bits per heavy atom. The molecule has 31 heavy (non-hydrogen) atoms. The van der Waals surface area contributed by atoms with Crippen molar-refractivity contribution in [1.82, 2.24) is 5.32 Å². The zero-order valence-corrected chi connectivity index (χ0v) is 19.5. The standard InChI is InChI=1S/C26H36N2O3/c1-20(2)26(19-27,22-16-24(30-4)18-25(17-22)31-5)12-8-14-28-13-7-10-21-9-6-11-23(15-21)29-3/h6,9,11,15-18,20,28H,7-8,10,12-14H2,1-5H3/t26-/m0/s1. The quantitative estimate of drug-likeness (QED) is 0.452. The average Bonchev–Trinajstić information content (AvgIpc) is 2.80. The van der Waals surface area contributed by atoms with E-state index in [-0.39, 0.29) is 5.92 Å². The van der Waals surface area contributed by atoms with E-state index in [2.05, 4.69) is 37.4 Å². The minimum Gasteiger partial charge on any atom is -0.497 e. The van der Waals surface area contributed by atoms with Crippen molar-refractivity contribution in [3.63, 3.8) is 0 Å². The van der Waals surface area contributed by atoms with Crippen LogP contribution in [0.2, 0.25) is 0 Å². The summed E-state index contributed by atoms with van der Waals surface area (Å²) in [5.41, 5.74) is 1.67. The first-order valence-corrected chi connectivity index (χ1v) is 11.0. The fourth-order valence-corrected chi connectivity index (χ4v) is 3.94. The molecule has 0 amide bonds. The molecular weight excluding hydrogens is 388 g/mol. The van der Waals surface area contributed by atoms with Gasteiger partial charge in [0.25, 0.3) is 0 Å². The summed E-state index contributed by atoms with van der Waals surface area (Å²) >= 11 is 0. The van der Waals surface area contributed by atoms with Gasteiger partial charge in [-0.3, -0.25) is 0 Å². The van der Waals surface area contributed by atoms with Crippen LogP contribution in [0.15, 0.2) is 42.5 Å². The predicted molar refractivity (Wildman–Crippen MR) is 125 cm³/mol. The molecule has 5 heteroatoms. The predicted octanol–water partition coefficient (Wildman–Crippen LogP) is 5.13. The van der Waals surface area contributed by atoms with Gasteiger partial charge in [0.15, 0.2) is 0 Å². The summed E-state index contributed by atoms with van der Waals surface area (Å²) < 4.78 is 16.1. The van der Waals surface area contributed by atoms with Crippen LogP contribution in [-0.4, -0.2) is 34.4 Å². The van der Waals surface area contributed by atoms with E-state index < -0.39 is 5.41 Å². The highest BCUT2D eigenvalue weighted by atomic mass is 16.5. The maximum absolute atomic E-state index is 10.2. The molecule has 0 saturated heterocycles. The summed E-state index contributed by atoms with van der Waals surface area (Å²) in [7, 11) is 4.97. The van der Waals surface area contributed by atoms with Gasteiger partial charge in [-0.25, -0.2) is 0 Å². The molecule has 168 valence electrons. The Morgan fingerprint density at radius 3 is 2.13 bits per heavy atom. The minimum atomic E-state index is -0.579. The van der Waals surface area contributed by atoms with Crippen molar-refractivity contribution in [2.24, 2.45) is 5.92 Å². The first-order valence-electron chi connectivity index (χ1n) is 11.0. The van der Waals surface area contributed by atoms with Gasteiger partial charge in [-0.1, -0.05) is 26.0 Å². The fourth-order valence-electron chi connectivity index (χ4n) is 3.94. The van der Waals surface area contributed by atoms with E-state index in [4.69, 9.17) is 14.2 Å². The highest BCUT2D eigenvalue weighted by Crippen LogP contribution is 2.39. The van der Waals surface area contributed by atoms with Crippen molar-refractivity contribution in [2.75, 3.05) is 34.4 Å². The molecule has 5 nitrogen and oxygen atoms in total. The van der Waals surface area contributed by atoms with Crippen LogP contribution in [0.5, 0.6) is 17.2 Å². The summed E-state index contributed by atoms with van der Waals surface area (Å²) in [4.78, 5) is 0. The molecule has 0 aliphatic rings. The number of rotatable bonds is 13. The van der Waals surface area contributed by atoms with Crippen molar-refractivity contribution in [1.29, 1.82) is 5.26 Å². The molecule has 2 aromatic carbocycles. The lowest BCUT2D eigenvalue weighted by atomic mass is 9.69. The van der Waals surface area contributed by atoms with Gasteiger partial charge in [-0.15, -0.1) is 0 Å². The van der Waals surface area contributed by atoms with E-state index in [0.29, 0.717) is 11.5 Å². The molecule has 1 N–H and O–H groups in total. The van der Waals surface area contributed by atoms with E-state index in [9.17, 15) is 5.26 Å². The first-order chi connectivity index (χ1) is 15.0. The maximum Gasteiger partial charge on any atom is 0.122 e. The van der Waals surface area contributed by atoms with Crippen molar-refractivity contribution in [3.8, 4) is 23.3 Å². The van der Waals surface area contributed by atoms with Crippen LogP contribution in [0, 0.1) is 17.2 Å². The van der Waals surface area contributed by atoms with Crippen LogP contribution < -0.4 is 19.5 Å². The zero-order chi connectivity index (χ0) is 22.7. The lowest BCUT2D eigenvalue weighted by Crippen LogP contribution is -2.32. The van der Waals surface area contributed by atoms with E-state index in [1.807, 2.05) is 30.3 Å². The zero-order valence-electron chi connectivity index (χ0n) is 19.5. The number of hydrogen-bond donors (Lipinski definition) is 1. The molecule has 2 aromatic rings. The Labute approximate surface area is 187 Å². The van der Waals surface area contributed by atoms with Crippen LogP contribution in [0.4, 0.5) is 0 Å². The van der Waals surface area contributed by atoms with Gasteiger partial charge >= 0.3 is 0 Å². The number of hydrogen-bond acceptors (Lipinski definition) is 5. The topological polar surface area (TPSA) is 63.5 Å². The molecule has 0 spiro atoms. The second kappa shape index (κ2) is 12.2. The SMILES string of the molecule is COc1cccc(CCCNCCC[C@@](C#N)(c2cc(OC)cc(OC)c2)C(C)C)c1. The summed E-state index contributed by atoms with van der Waals surface area (Å²) in [5, 5.41) is 13.7. The number of nitrogens with zero attached hydrogens (tertiary/aromatic N) is 1. The van der Waals surface area contributed by atoms with Crippen LogP contribution in [0.25, 0.3) is 0 Å². The number of nitrogens with one attached hydrogen (secondary N) is 1. The van der Waals surface area contributed by atoms with Gasteiger partial charge in [0, 0.05) is 6.07 Å². The second-order valence-electron chi connectivity index (χ2n) is 8.15. The first kappa shape index (κ1) is 24.6. The molecule has 0 bridgehead atoms. The van der Waals surface area contributed by atoms with Gasteiger partial charge in [-0.05, 0) is 80.1 Å². The molecule has 0 aromatic heterocycles. The third-order valence-electron chi connectivity index (χ3n) is 5.93. The summed E-state index contributed by atoms with van der Waals surface area (Å²) in [6, 6.07) is 16.6. The molecule has 0 unspecified atom stereocenters. The number of ether oxygens (including phenoxy) is 3. The molecule has 1 atom stereocenters. The minimum absolute atomic E-state index is 0.169. The highest BCUT2D eigenvalue weighted by molar-refractivity contribution is 5.45. The number of nitriles is 1. The van der Waals surface area contributed by atoms with Crippen LogP contribution in [-0.2, 0) is 11.8 Å². The molecule has 2 rings (SSSR count). The van der Waals surface area contributed by atoms with Gasteiger partial charge in [0.1, 0.15) is 17.2 Å². The highest BCUT2D eigenvalue weighted by Gasteiger charge is 2.36. The van der Waals surface area contributed by atoms with E-state index in [1.54, 1.807) is 21.3 Å². The fraction of sp³-hybridized carbons (Fsp3) is 0.500. The van der Waals surface area contributed by atoms with Gasteiger partial charge in [0.05, 0.1) is 32.8 Å². The number of benzene rings is 2. The molecular formula is C26H36N2O3. The van der Waals surface area contributed by atoms with Gasteiger partial charge in [-0.2, -0.15) is 5.26 Å². The molecule has 0 radical (unpaired) electrons. The van der Waals surface area contributed by atoms with Crippen molar-refractivity contribution >= 4 is 0 Å². The molecule has 0 saturated carbocycles. The number of methoxy groups -OCH3 is 3. The van der Waals surface area contributed by atoms with E-state index in [1.165, 1.54) is 5.56 Å². The number of aryl methyl sites for hydroxylation is 1. The summed E-state index contributed by atoms with van der Waals surface area (Å²) in [5.74, 6) is 2.50. The molecule has 0 aliphatic heterocycles.